The van der Waals surface area contributed by atoms with E-state index in [2.05, 4.69) is 24.2 Å². The van der Waals surface area contributed by atoms with Gasteiger partial charge in [-0.15, -0.1) is 0 Å². The molecule has 2 rings (SSSR count). The summed E-state index contributed by atoms with van der Waals surface area (Å²) in [4.78, 5) is 2.47. The Hall–Kier alpha value is -0.120. The minimum absolute atomic E-state index is 0.481. The molecule has 1 aliphatic heterocycles. The van der Waals surface area contributed by atoms with E-state index in [1.54, 1.807) is 0 Å². The molecular weight excluding hydrogens is 224 g/mol. The summed E-state index contributed by atoms with van der Waals surface area (Å²) in [7, 11) is 2.25. The second kappa shape index (κ2) is 7.46. The lowest BCUT2D eigenvalue weighted by molar-refractivity contribution is -0.00290. The zero-order valence-electron chi connectivity index (χ0n) is 12.2. The molecule has 3 heteroatoms. The molecule has 1 saturated heterocycles. The quantitative estimate of drug-likeness (QED) is 0.719. The first-order chi connectivity index (χ1) is 8.79. The molecule has 0 radical (unpaired) electrons. The largest absolute Gasteiger partial charge is 0.377 e. The van der Waals surface area contributed by atoms with Gasteiger partial charge in [0, 0.05) is 25.7 Å². The maximum Gasteiger partial charge on any atom is 0.0701 e. The molecule has 1 aliphatic carbocycles. The third-order valence-electron chi connectivity index (χ3n) is 4.15. The van der Waals surface area contributed by atoms with E-state index < -0.39 is 0 Å². The van der Waals surface area contributed by atoms with E-state index in [0.29, 0.717) is 12.1 Å². The second-order valence-electron chi connectivity index (χ2n) is 6.11. The third kappa shape index (κ3) is 4.87. The van der Waals surface area contributed by atoms with Crippen molar-refractivity contribution in [3.63, 3.8) is 0 Å². The summed E-state index contributed by atoms with van der Waals surface area (Å²) in [6, 6.07) is 0.707. The normalized spacial score (nSPS) is 26.5. The summed E-state index contributed by atoms with van der Waals surface area (Å²) in [5, 5.41) is 3.72. The van der Waals surface area contributed by atoms with Crippen molar-refractivity contribution in [2.24, 2.45) is 5.92 Å². The molecule has 2 unspecified atom stereocenters. The molecule has 0 aromatic heterocycles. The molecule has 1 heterocycles. The van der Waals surface area contributed by atoms with Gasteiger partial charge in [0.2, 0.25) is 0 Å². The Kier molecular flexibility index (Phi) is 5.93. The van der Waals surface area contributed by atoms with Crippen molar-refractivity contribution in [3.8, 4) is 0 Å². The molecule has 0 amide bonds. The Balaban J connectivity index is 1.68. The monoisotopic (exact) mass is 254 g/mol. The van der Waals surface area contributed by atoms with Gasteiger partial charge in [-0.25, -0.2) is 0 Å². The number of hydrogen-bond acceptors (Lipinski definition) is 3. The average molecular weight is 254 g/mol. The molecule has 0 aromatic carbocycles. The fourth-order valence-corrected chi connectivity index (χ4v) is 2.92. The second-order valence-corrected chi connectivity index (χ2v) is 6.11. The topological polar surface area (TPSA) is 24.5 Å². The Morgan fingerprint density at radius 1 is 1.28 bits per heavy atom. The van der Waals surface area contributed by atoms with Gasteiger partial charge < -0.3 is 15.0 Å². The first-order valence-corrected chi connectivity index (χ1v) is 7.83. The highest BCUT2D eigenvalue weighted by atomic mass is 16.5. The van der Waals surface area contributed by atoms with Crippen molar-refractivity contribution in [2.75, 3.05) is 33.3 Å². The smallest absolute Gasteiger partial charge is 0.0701 e. The third-order valence-corrected chi connectivity index (χ3v) is 4.15. The van der Waals surface area contributed by atoms with Crippen LogP contribution in [0.5, 0.6) is 0 Å². The van der Waals surface area contributed by atoms with Crippen molar-refractivity contribution in [1.82, 2.24) is 10.2 Å². The average Bonchev–Trinajstić information content (AvgIpc) is 3.20. The molecule has 3 nitrogen and oxygen atoms in total. The van der Waals surface area contributed by atoms with Gasteiger partial charge >= 0.3 is 0 Å². The number of rotatable bonds is 8. The Morgan fingerprint density at radius 3 is 2.72 bits per heavy atom. The van der Waals surface area contributed by atoms with E-state index in [0.717, 1.165) is 25.6 Å². The van der Waals surface area contributed by atoms with E-state index in [1.165, 1.54) is 45.1 Å². The standard InChI is InChI=1S/C15H30N2O/c1-3-9-16-15(13-7-8-13)12-17(2)11-14-6-4-5-10-18-14/h13-16H,3-12H2,1-2H3. The van der Waals surface area contributed by atoms with Crippen LogP contribution in [0.15, 0.2) is 0 Å². The van der Waals surface area contributed by atoms with Gasteiger partial charge in [0.15, 0.2) is 0 Å². The fraction of sp³-hybridized carbons (Fsp3) is 1.00. The number of hydrogen-bond donors (Lipinski definition) is 1. The van der Waals surface area contributed by atoms with Crippen LogP contribution in [0.2, 0.25) is 0 Å². The molecule has 106 valence electrons. The maximum atomic E-state index is 5.83. The van der Waals surface area contributed by atoms with Crippen molar-refractivity contribution >= 4 is 0 Å². The lowest BCUT2D eigenvalue weighted by Gasteiger charge is -2.30. The van der Waals surface area contributed by atoms with E-state index >= 15 is 0 Å². The molecule has 0 aromatic rings. The maximum absolute atomic E-state index is 5.83. The van der Waals surface area contributed by atoms with Crippen molar-refractivity contribution in [3.05, 3.63) is 0 Å². The lowest BCUT2D eigenvalue weighted by atomic mass is 10.1. The minimum Gasteiger partial charge on any atom is -0.377 e. The molecular formula is C15H30N2O. The van der Waals surface area contributed by atoms with E-state index in [9.17, 15) is 0 Å². The summed E-state index contributed by atoms with van der Waals surface area (Å²) < 4.78 is 5.83. The van der Waals surface area contributed by atoms with Crippen LogP contribution >= 0.6 is 0 Å². The van der Waals surface area contributed by atoms with Crippen LogP contribution in [-0.2, 0) is 4.74 Å². The minimum atomic E-state index is 0.481. The van der Waals surface area contributed by atoms with E-state index in [1.807, 2.05) is 0 Å². The van der Waals surface area contributed by atoms with Crippen LogP contribution < -0.4 is 5.32 Å². The highest BCUT2D eigenvalue weighted by Crippen LogP contribution is 2.33. The lowest BCUT2D eigenvalue weighted by Crippen LogP contribution is -2.44. The number of ether oxygens (including phenoxy) is 1. The van der Waals surface area contributed by atoms with Gasteiger partial charge in [-0.2, -0.15) is 0 Å². The van der Waals surface area contributed by atoms with Crippen LogP contribution in [0.3, 0.4) is 0 Å². The number of nitrogens with one attached hydrogen (secondary N) is 1. The highest BCUT2D eigenvalue weighted by molar-refractivity contribution is 4.88. The summed E-state index contributed by atoms with van der Waals surface area (Å²) >= 11 is 0. The zero-order valence-corrected chi connectivity index (χ0v) is 12.2. The first kappa shape index (κ1) is 14.3. The highest BCUT2D eigenvalue weighted by Gasteiger charge is 2.31. The predicted octanol–water partition coefficient (Wildman–Crippen LogP) is 2.27. The Bertz CT molecular complexity index is 225. The van der Waals surface area contributed by atoms with Crippen LogP contribution in [0.25, 0.3) is 0 Å². The molecule has 0 bridgehead atoms. The fourth-order valence-electron chi connectivity index (χ4n) is 2.92. The zero-order chi connectivity index (χ0) is 12.8. The molecule has 2 aliphatic rings. The van der Waals surface area contributed by atoms with Gasteiger partial charge in [0.25, 0.3) is 0 Å². The number of likely N-dealkylation sites (N-methyl/N-ethyl adjacent to an activating group) is 1. The van der Waals surface area contributed by atoms with Crippen LogP contribution in [-0.4, -0.2) is 50.3 Å². The van der Waals surface area contributed by atoms with Gasteiger partial charge in [0.1, 0.15) is 0 Å². The van der Waals surface area contributed by atoms with Crippen LogP contribution in [0, 0.1) is 5.92 Å². The SMILES string of the molecule is CCCNC(CN(C)CC1CCCCO1)C1CC1. The Labute approximate surface area is 112 Å². The van der Waals surface area contributed by atoms with Crippen molar-refractivity contribution < 1.29 is 4.74 Å². The van der Waals surface area contributed by atoms with Gasteiger partial charge in [-0.3, -0.25) is 0 Å². The molecule has 2 fully saturated rings. The molecule has 2 atom stereocenters. The molecule has 0 spiro atoms. The van der Waals surface area contributed by atoms with Crippen molar-refractivity contribution in [1.29, 1.82) is 0 Å². The molecule has 1 saturated carbocycles. The van der Waals surface area contributed by atoms with E-state index in [-0.39, 0.29) is 0 Å². The van der Waals surface area contributed by atoms with Gasteiger partial charge in [-0.1, -0.05) is 6.92 Å². The molecule has 1 N–H and O–H groups in total. The summed E-state index contributed by atoms with van der Waals surface area (Å²) in [5.74, 6) is 0.936. The van der Waals surface area contributed by atoms with Crippen LogP contribution in [0.1, 0.15) is 45.4 Å². The van der Waals surface area contributed by atoms with Crippen molar-refractivity contribution in [2.45, 2.75) is 57.6 Å². The Morgan fingerprint density at radius 2 is 2.11 bits per heavy atom. The first-order valence-electron chi connectivity index (χ1n) is 7.83. The van der Waals surface area contributed by atoms with Gasteiger partial charge in [0.05, 0.1) is 6.10 Å². The van der Waals surface area contributed by atoms with Crippen LogP contribution in [0.4, 0.5) is 0 Å². The van der Waals surface area contributed by atoms with Gasteiger partial charge in [-0.05, 0) is 58.0 Å². The summed E-state index contributed by atoms with van der Waals surface area (Å²) in [6.45, 7) is 6.67. The number of nitrogens with zero attached hydrogens (tertiary/aromatic N) is 1. The summed E-state index contributed by atoms with van der Waals surface area (Å²) in [6.07, 6.45) is 8.42. The summed E-state index contributed by atoms with van der Waals surface area (Å²) in [5.41, 5.74) is 0. The predicted molar refractivity (Wildman–Crippen MR) is 75.9 cm³/mol. The molecule has 18 heavy (non-hydrogen) atoms. The van der Waals surface area contributed by atoms with E-state index in [4.69, 9.17) is 4.74 Å².